The molecule has 1 aliphatic rings. The van der Waals surface area contributed by atoms with Crippen LogP contribution >= 0.6 is 15.9 Å². The zero-order chi connectivity index (χ0) is 23.1. The molecule has 8 nitrogen and oxygen atoms in total. The van der Waals surface area contributed by atoms with Crippen molar-refractivity contribution in [3.63, 3.8) is 0 Å². The number of amides is 1. The van der Waals surface area contributed by atoms with Gasteiger partial charge >= 0.3 is 12.1 Å². The molecule has 0 spiro atoms. The van der Waals surface area contributed by atoms with Crippen molar-refractivity contribution in [1.82, 2.24) is 15.2 Å². The molecule has 0 bridgehead atoms. The van der Waals surface area contributed by atoms with E-state index in [0.29, 0.717) is 5.75 Å². The van der Waals surface area contributed by atoms with Crippen molar-refractivity contribution in [3.8, 4) is 5.75 Å². The topological polar surface area (TPSA) is 110 Å². The predicted molar refractivity (Wildman–Crippen MR) is 106 cm³/mol. The van der Waals surface area contributed by atoms with E-state index in [1.807, 2.05) is 6.92 Å². The quantitative estimate of drug-likeness (QED) is 0.572. The molecule has 30 heavy (non-hydrogen) atoms. The van der Waals surface area contributed by atoms with Gasteiger partial charge in [-0.15, -0.1) is 0 Å². The Morgan fingerprint density at radius 3 is 2.30 bits per heavy atom. The van der Waals surface area contributed by atoms with E-state index in [9.17, 15) is 22.8 Å². The standard InChI is InChI=1S/C16H24BrN3O3.C2HF3O2/c1-10(18-2)16(22)19-11-4-6-12(7-5-11)23-14-8-15(21)20(3)9-13(14)17;3-2(4,5)1(6)7/h8-12,18H,4-7H2,1-3H3,(H,19,22);(H,6,7)/t10-,11-,12-;/m0./s1. The Labute approximate surface area is 179 Å². The number of carbonyl (C=O) groups is 2. The van der Waals surface area contributed by atoms with Crippen LogP contribution in [0.2, 0.25) is 0 Å². The molecule has 170 valence electrons. The molecule has 0 aromatic carbocycles. The minimum absolute atomic E-state index is 0.0335. The van der Waals surface area contributed by atoms with Gasteiger partial charge in [0.15, 0.2) is 0 Å². The minimum atomic E-state index is -5.08. The molecule has 1 atom stereocenters. The first-order valence-corrected chi connectivity index (χ1v) is 9.95. The van der Waals surface area contributed by atoms with Crippen molar-refractivity contribution in [2.75, 3.05) is 7.05 Å². The van der Waals surface area contributed by atoms with Gasteiger partial charge in [0.1, 0.15) is 5.75 Å². The molecule has 1 saturated carbocycles. The van der Waals surface area contributed by atoms with E-state index in [2.05, 4.69) is 26.6 Å². The normalized spacial score (nSPS) is 19.8. The maximum atomic E-state index is 11.9. The van der Waals surface area contributed by atoms with E-state index in [1.165, 1.54) is 10.6 Å². The molecule has 1 heterocycles. The number of likely N-dealkylation sites (N-methyl/N-ethyl adjacent to an activating group) is 1. The fraction of sp³-hybridized carbons (Fsp3) is 0.611. The lowest BCUT2D eigenvalue weighted by Crippen LogP contribution is -2.47. The third-order valence-corrected chi connectivity index (χ3v) is 5.12. The van der Waals surface area contributed by atoms with Crippen molar-refractivity contribution < 1.29 is 32.6 Å². The van der Waals surface area contributed by atoms with Crippen LogP contribution in [-0.2, 0) is 16.6 Å². The lowest BCUT2D eigenvalue weighted by Gasteiger charge is -2.30. The summed E-state index contributed by atoms with van der Waals surface area (Å²) in [6, 6.07) is 1.53. The summed E-state index contributed by atoms with van der Waals surface area (Å²) < 4.78 is 40.0. The number of carbonyl (C=O) groups excluding carboxylic acids is 1. The number of alkyl halides is 3. The smallest absolute Gasteiger partial charge is 0.489 e. The molecular formula is C18H25BrF3N3O5. The summed E-state index contributed by atoms with van der Waals surface area (Å²) in [7, 11) is 3.48. The van der Waals surface area contributed by atoms with Crippen LogP contribution in [0.5, 0.6) is 5.75 Å². The van der Waals surface area contributed by atoms with Gasteiger partial charge in [-0.05, 0) is 55.6 Å². The van der Waals surface area contributed by atoms with Gasteiger partial charge in [-0.1, -0.05) is 0 Å². The van der Waals surface area contributed by atoms with Gasteiger partial charge in [0, 0.05) is 25.4 Å². The fourth-order valence-electron chi connectivity index (χ4n) is 2.63. The highest BCUT2D eigenvalue weighted by Gasteiger charge is 2.38. The number of aliphatic carboxylic acids is 1. The summed E-state index contributed by atoms with van der Waals surface area (Å²) >= 11 is 3.43. The van der Waals surface area contributed by atoms with Crippen LogP contribution in [0.25, 0.3) is 0 Å². The maximum absolute atomic E-state index is 11.9. The molecule has 1 aromatic heterocycles. The molecule has 0 saturated heterocycles. The summed E-state index contributed by atoms with van der Waals surface area (Å²) in [4.78, 5) is 32.5. The van der Waals surface area contributed by atoms with E-state index < -0.39 is 12.1 Å². The second kappa shape index (κ2) is 11.3. The number of hydrogen-bond donors (Lipinski definition) is 3. The molecule has 1 aromatic rings. The van der Waals surface area contributed by atoms with Gasteiger partial charge in [-0.2, -0.15) is 13.2 Å². The van der Waals surface area contributed by atoms with Crippen LogP contribution in [-0.4, -0.2) is 53.0 Å². The predicted octanol–water partition coefficient (Wildman–Crippen LogP) is 2.20. The number of carboxylic acids is 1. The second-order valence-electron chi connectivity index (χ2n) is 6.85. The lowest BCUT2D eigenvalue weighted by molar-refractivity contribution is -0.192. The Balaban J connectivity index is 0.000000553. The number of aryl methyl sites for hydroxylation is 1. The number of nitrogens with zero attached hydrogens (tertiary/aromatic N) is 1. The van der Waals surface area contributed by atoms with Crippen LogP contribution in [0.1, 0.15) is 32.6 Å². The third-order valence-electron chi connectivity index (χ3n) is 4.53. The van der Waals surface area contributed by atoms with Gasteiger partial charge in [-0.25, -0.2) is 4.79 Å². The SMILES string of the molecule is CN[C@@H](C)C(=O)N[C@H]1CC[C@H](Oc2cc(=O)n(C)cc2Br)CC1.O=C(O)C(F)(F)F. The Bertz CT molecular complexity index is 792. The zero-order valence-corrected chi connectivity index (χ0v) is 18.3. The average molecular weight is 500 g/mol. The number of nitrogens with one attached hydrogen (secondary N) is 2. The van der Waals surface area contributed by atoms with Crippen molar-refractivity contribution >= 4 is 27.8 Å². The maximum Gasteiger partial charge on any atom is 0.490 e. The highest BCUT2D eigenvalue weighted by Crippen LogP contribution is 2.28. The van der Waals surface area contributed by atoms with E-state index in [4.69, 9.17) is 14.6 Å². The molecule has 1 fully saturated rings. The molecule has 0 radical (unpaired) electrons. The van der Waals surface area contributed by atoms with Crippen LogP contribution in [0.3, 0.4) is 0 Å². The molecule has 1 aliphatic carbocycles. The van der Waals surface area contributed by atoms with Gasteiger partial charge in [0.05, 0.1) is 16.6 Å². The number of halogens is 4. The Kier molecular flexibility index (Phi) is 9.82. The first-order chi connectivity index (χ1) is 13.8. The number of carboxylic acid groups (broad SMARTS) is 1. The summed E-state index contributed by atoms with van der Waals surface area (Å²) in [5.41, 5.74) is -0.0924. The molecule has 3 N–H and O–H groups in total. The molecule has 2 rings (SSSR count). The van der Waals surface area contributed by atoms with E-state index in [0.717, 1.165) is 30.2 Å². The van der Waals surface area contributed by atoms with Crippen molar-refractivity contribution in [1.29, 1.82) is 0 Å². The second-order valence-corrected chi connectivity index (χ2v) is 7.70. The largest absolute Gasteiger partial charge is 0.490 e. The van der Waals surface area contributed by atoms with E-state index in [-0.39, 0.29) is 29.7 Å². The summed E-state index contributed by atoms with van der Waals surface area (Å²) in [5, 5.41) is 13.1. The molecule has 12 heteroatoms. The van der Waals surface area contributed by atoms with Crippen LogP contribution in [0, 0.1) is 0 Å². The Hall–Kier alpha value is -2.08. The fourth-order valence-corrected chi connectivity index (χ4v) is 3.15. The number of aromatic nitrogens is 1. The lowest BCUT2D eigenvalue weighted by atomic mass is 9.92. The highest BCUT2D eigenvalue weighted by molar-refractivity contribution is 9.10. The number of pyridine rings is 1. The van der Waals surface area contributed by atoms with Gasteiger partial charge < -0.3 is 25.0 Å². The average Bonchev–Trinajstić information content (AvgIpc) is 2.66. The summed E-state index contributed by atoms with van der Waals surface area (Å²) in [6.07, 6.45) is 0.196. The van der Waals surface area contributed by atoms with Crippen LogP contribution in [0.4, 0.5) is 13.2 Å². The van der Waals surface area contributed by atoms with E-state index >= 15 is 0 Å². The van der Waals surface area contributed by atoms with Crippen molar-refractivity contribution in [3.05, 3.63) is 27.1 Å². The molecule has 1 amide bonds. The van der Waals surface area contributed by atoms with Crippen molar-refractivity contribution in [2.24, 2.45) is 7.05 Å². The number of ether oxygens (including phenoxy) is 1. The van der Waals surface area contributed by atoms with Crippen molar-refractivity contribution in [2.45, 2.75) is 57.0 Å². The third kappa shape index (κ3) is 8.34. The van der Waals surface area contributed by atoms with Gasteiger partial charge in [0.2, 0.25) is 5.91 Å². The highest BCUT2D eigenvalue weighted by atomic mass is 79.9. The molecule has 0 aliphatic heterocycles. The molecular weight excluding hydrogens is 475 g/mol. The first kappa shape index (κ1) is 26.0. The van der Waals surface area contributed by atoms with E-state index in [1.54, 1.807) is 20.3 Å². The summed E-state index contributed by atoms with van der Waals surface area (Å²) in [5.74, 6) is -2.14. The minimum Gasteiger partial charge on any atom is -0.489 e. The Morgan fingerprint density at radius 1 is 1.30 bits per heavy atom. The van der Waals surface area contributed by atoms with Gasteiger partial charge in [-0.3, -0.25) is 9.59 Å². The Morgan fingerprint density at radius 2 is 1.83 bits per heavy atom. The monoisotopic (exact) mass is 499 g/mol. The van der Waals surface area contributed by atoms with Gasteiger partial charge in [0.25, 0.3) is 5.56 Å². The number of rotatable bonds is 5. The zero-order valence-electron chi connectivity index (χ0n) is 16.8. The van der Waals surface area contributed by atoms with Crippen LogP contribution < -0.4 is 20.9 Å². The number of hydrogen-bond acceptors (Lipinski definition) is 5. The molecule has 0 unspecified atom stereocenters. The summed E-state index contributed by atoms with van der Waals surface area (Å²) in [6.45, 7) is 1.84. The first-order valence-electron chi connectivity index (χ1n) is 9.15. The van der Waals surface area contributed by atoms with Crippen LogP contribution in [0.15, 0.2) is 21.5 Å².